The molecule has 1 amide bonds. The van der Waals surface area contributed by atoms with Gasteiger partial charge in [-0.2, -0.15) is 5.10 Å². The first-order valence-electron chi connectivity index (χ1n) is 6.52. The second kappa shape index (κ2) is 7.79. The monoisotopic (exact) mass is 296 g/mol. The van der Waals surface area contributed by atoms with E-state index < -0.39 is 5.92 Å². The van der Waals surface area contributed by atoms with Crippen molar-refractivity contribution >= 4 is 28.9 Å². The Bertz CT molecular complexity index is 481. The van der Waals surface area contributed by atoms with Gasteiger partial charge in [0.15, 0.2) is 0 Å². The summed E-state index contributed by atoms with van der Waals surface area (Å²) in [4.78, 5) is 24.2. The lowest BCUT2D eigenvalue weighted by Crippen LogP contribution is -2.31. The molecule has 1 rings (SSSR count). The minimum Gasteiger partial charge on any atom is -0.465 e. The topological polar surface area (TPSA) is 67.8 Å². The summed E-state index contributed by atoms with van der Waals surface area (Å²) in [6.45, 7) is 7.65. The summed E-state index contributed by atoms with van der Waals surface area (Å²) in [6.07, 6.45) is 0. The van der Waals surface area contributed by atoms with Crippen LogP contribution in [0.2, 0.25) is 0 Å². The van der Waals surface area contributed by atoms with Crippen LogP contribution >= 0.6 is 11.3 Å². The molecule has 1 atom stereocenters. The summed E-state index contributed by atoms with van der Waals surface area (Å²) in [6, 6.07) is 3.52. The van der Waals surface area contributed by atoms with Crippen molar-refractivity contribution < 1.29 is 14.3 Å². The van der Waals surface area contributed by atoms with Crippen LogP contribution in [0.5, 0.6) is 0 Å². The van der Waals surface area contributed by atoms with E-state index in [-0.39, 0.29) is 17.8 Å². The average Bonchev–Trinajstić information content (AvgIpc) is 2.89. The Morgan fingerprint density at radius 3 is 2.65 bits per heavy atom. The molecule has 0 saturated heterocycles. The quantitative estimate of drug-likeness (QED) is 0.498. The Morgan fingerprint density at radius 2 is 2.15 bits per heavy atom. The highest BCUT2D eigenvalue weighted by Crippen LogP contribution is 2.15. The van der Waals surface area contributed by atoms with Crippen molar-refractivity contribution in [2.45, 2.75) is 27.7 Å². The fourth-order valence-electron chi connectivity index (χ4n) is 1.83. The minimum atomic E-state index is -0.446. The smallest absolute Gasteiger partial charge is 0.314 e. The van der Waals surface area contributed by atoms with E-state index in [2.05, 4.69) is 10.5 Å². The lowest BCUT2D eigenvalue weighted by molar-refractivity contribution is -0.146. The molecule has 1 heterocycles. The Balaban J connectivity index is 2.74. The van der Waals surface area contributed by atoms with Crippen molar-refractivity contribution in [2.24, 2.45) is 16.9 Å². The Labute approximate surface area is 123 Å². The minimum absolute atomic E-state index is 0.0523. The SMILES string of the molecule is CCOC(=O)C(C(C)=NNC(=O)c1cccs1)C(C)C. The molecule has 0 fully saturated rings. The van der Waals surface area contributed by atoms with Crippen molar-refractivity contribution in [3.8, 4) is 0 Å². The molecular formula is C14H20N2O3S. The molecule has 1 aromatic rings. The molecule has 6 heteroatoms. The van der Waals surface area contributed by atoms with Crippen LogP contribution in [0, 0.1) is 11.8 Å². The van der Waals surface area contributed by atoms with Crippen molar-refractivity contribution in [3.63, 3.8) is 0 Å². The highest BCUT2D eigenvalue weighted by atomic mass is 32.1. The lowest BCUT2D eigenvalue weighted by Gasteiger charge is -2.18. The zero-order valence-corrected chi connectivity index (χ0v) is 13.0. The van der Waals surface area contributed by atoms with Crippen LogP contribution in [0.25, 0.3) is 0 Å². The molecule has 110 valence electrons. The molecule has 0 aromatic carbocycles. The number of nitrogens with one attached hydrogen (secondary N) is 1. The average molecular weight is 296 g/mol. The number of rotatable bonds is 6. The maximum atomic E-state index is 11.9. The Morgan fingerprint density at radius 1 is 1.45 bits per heavy atom. The highest BCUT2D eigenvalue weighted by Gasteiger charge is 2.26. The summed E-state index contributed by atoms with van der Waals surface area (Å²) in [5.41, 5.74) is 3.01. The number of ether oxygens (including phenoxy) is 1. The van der Waals surface area contributed by atoms with Gasteiger partial charge in [-0.15, -0.1) is 11.3 Å². The van der Waals surface area contributed by atoms with Crippen LogP contribution < -0.4 is 5.43 Å². The third kappa shape index (κ3) is 4.45. The van der Waals surface area contributed by atoms with Gasteiger partial charge in [0.1, 0.15) is 0 Å². The first-order chi connectivity index (χ1) is 9.47. The molecule has 5 nitrogen and oxygen atoms in total. The van der Waals surface area contributed by atoms with Gasteiger partial charge in [-0.1, -0.05) is 19.9 Å². The van der Waals surface area contributed by atoms with E-state index in [0.717, 1.165) is 0 Å². The van der Waals surface area contributed by atoms with E-state index in [0.29, 0.717) is 17.2 Å². The number of hydrazone groups is 1. The number of carbonyl (C=O) groups is 2. The van der Waals surface area contributed by atoms with Gasteiger partial charge in [0.05, 0.1) is 17.4 Å². The number of thiophene rings is 1. The van der Waals surface area contributed by atoms with Crippen molar-refractivity contribution in [1.82, 2.24) is 5.43 Å². The summed E-state index contributed by atoms with van der Waals surface area (Å²) >= 11 is 1.34. The van der Waals surface area contributed by atoms with Crippen LogP contribution in [-0.2, 0) is 9.53 Å². The normalized spacial score (nSPS) is 13.2. The van der Waals surface area contributed by atoms with Gasteiger partial charge in [0, 0.05) is 5.71 Å². The standard InChI is InChI=1S/C14H20N2O3S/c1-5-19-14(18)12(9(2)3)10(4)15-16-13(17)11-7-6-8-20-11/h6-9,12H,5H2,1-4H3,(H,16,17). The molecule has 0 radical (unpaired) electrons. The van der Waals surface area contributed by atoms with E-state index in [1.54, 1.807) is 26.0 Å². The van der Waals surface area contributed by atoms with E-state index in [4.69, 9.17) is 4.74 Å². The largest absolute Gasteiger partial charge is 0.465 e. The van der Waals surface area contributed by atoms with E-state index in [9.17, 15) is 9.59 Å². The van der Waals surface area contributed by atoms with Gasteiger partial charge < -0.3 is 4.74 Å². The molecule has 1 N–H and O–H groups in total. The summed E-state index contributed by atoms with van der Waals surface area (Å²) in [7, 11) is 0. The van der Waals surface area contributed by atoms with Crippen LogP contribution in [0.1, 0.15) is 37.4 Å². The molecule has 1 aromatic heterocycles. The third-order valence-electron chi connectivity index (χ3n) is 2.74. The van der Waals surface area contributed by atoms with Gasteiger partial charge >= 0.3 is 5.97 Å². The first-order valence-corrected chi connectivity index (χ1v) is 7.40. The van der Waals surface area contributed by atoms with Gasteiger partial charge in [0.2, 0.25) is 0 Å². The van der Waals surface area contributed by atoms with Crippen LogP contribution in [0.15, 0.2) is 22.6 Å². The summed E-state index contributed by atoms with van der Waals surface area (Å²) in [5.74, 6) is -0.977. The maximum Gasteiger partial charge on any atom is 0.314 e. The predicted octanol–water partition coefficient (Wildman–Crippen LogP) is 2.69. The fourth-order valence-corrected chi connectivity index (χ4v) is 2.44. The number of hydrogen-bond donors (Lipinski definition) is 1. The molecule has 0 saturated carbocycles. The third-order valence-corrected chi connectivity index (χ3v) is 3.60. The molecule has 0 bridgehead atoms. The van der Waals surface area contributed by atoms with Crippen molar-refractivity contribution in [3.05, 3.63) is 22.4 Å². The Hall–Kier alpha value is -1.69. The number of hydrogen-bond acceptors (Lipinski definition) is 5. The van der Waals surface area contributed by atoms with Gasteiger partial charge in [-0.05, 0) is 31.2 Å². The second-order valence-electron chi connectivity index (χ2n) is 4.65. The first kappa shape index (κ1) is 16.4. The molecular weight excluding hydrogens is 276 g/mol. The zero-order valence-electron chi connectivity index (χ0n) is 12.2. The molecule has 0 spiro atoms. The molecule has 1 unspecified atom stereocenters. The van der Waals surface area contributed by atoms with E-state index in [1.165, 1.54) is 11.3 Å². The molecule has 0 aliphatic heterocycles. The van der Waals surface area contributed by atoms with E-state index in [1.807, 2.05) is 19.2 Å². The fraction of sp³-hybridized carbons (Fsp3) is 0.500. The molecule has 0 aliphatic carbocycles. The summed E-state index contributed by atoms with van der Waals surface area (Å²) in [5, 5.41) is 5.85. The van der Waals surface area contributed by atoms with Crippen LogP contribution in [-0.4, -0.2) is 24.2 Å². The molecule has 20 heavy (non-hydrogen) atoms. The Kier molecular flexibility index (Phi) is 6.38. The van der Waals surface area contributed by atoms with Gasteiger partial charge in [-0.25, -0.2) is 5.43 Å². The highest BCUT2D eigenvalue weighted by molar-refractivity contribution is 7.12. The maximum absolute atomic E-state index is 11.9. The zero-order chi connectivity index (χ0) is 15.1. The van der Waals surface area contributed by atoms with Crippen LogP contribution in [0.3, 0.4) is 0 Å². The van der Waals surface area contributed by atoms with Gasteiger partial charge in [0.25, 0.3) is 5.91 Å². The van der Waals surface area contributed by atoms with Crippen molar-refractivity contribution in [2.75, 3.05) is 6.61 Å². The number of amides is 1. The number of carbonyl (C=O) groups excluding carboxylic acids is 2. The second-order valence-corrected chi connectivity index (χ2v) is 5.59. The van der Waals surface area contributed by atoms with E-state index >= 15 is 0 Å². The molecule has 0 aliphatic rings. The van der Waals surface area contributed by atoms with Crippen LogP contribution in [0.4, 0.5) is 0 Å². The lowest BCUT2D eigenvalue weighted by atomic mass is 9.92. The van der Waals surface area contributed by atoms with Gasteiger partial charge in [-0.3, -0.25) is 9.59 Å². The number of nitrogens with zero attached hydrogens (tertiary/aromatic N) is 1. The predicted molar refractivity (Wildman–Crippen MR) is 79.9 cm³/mol. The number of esters is 1. The summed E-state index contributed by atoms with van der Waals surface area (Å²) < 4.78 is 5.04. The van der Waals surface area contributed by atoms with Crippen molar-refractivity contribution in [1.29, 1.82) is 0 Å².